The van der Waals surface area contributed by atoms with Crippen LogP contribution in [0.25, 0.3) is 0 Å². The van der Waals surface area contributed by atoms with E-state index in [1.165, 1.54) is 0 Å². The van der Waals surface area contributed by atoms with Gasteiger partial charge in [-0.25, -0.2) is 0 Å². The van der Waals surface area contributed by atoms with Gasteiger partial charge in [-0.1, -0.05) is 0 Å². The lowest BCUT2D eigenvalue weighted by Gasteiger charge is -1.48. The Hall–Kier alpha value is 0.565. The van der Waals surface area contributed by atoms with Gasteiger partial charge in [0.2, 0.25) is 0 Å². The maximum Gasteiger partial charge on any atom is 0.432 e. The summed E-state index contributed by atoms with van der Waals surface area (Å²) in [7, 11) is -0.750. The quantitative estimate of drug-likeness (QED) is 0.404. The van der Waals surface area contributed by atoms with Crippen LogP contribution in [0.4, 0.5) is 0 Å². The van der Waals surface area contributed by atoms with Gasteiger partial charge in [0.1, 0.15) is 0 Å². The number of halogens is 2. The van der Waals surface area contributed by atoms with E-state index in [9.17, 15) is 0 Å². The van der Waals surface area contributed by atoms with Gasteiger partial charge >= 0.3 is 7.69 Å². The molecule has 34 valence electrons. The van der Waals surface area contributed by atoms with E-state index in [0.717, 1.165) is 0 Å². The van der Waals surface area contributed by atoms with Crippen LogP contribution in [0.5, 0.6) is 0 Å². The molecule has 0 bridgehead atoms. The largest absolute Gasteiger partial charge is 0.432 e. The van der Waals surface area contributed by atoms with Crippen molar-refractivity contribution in [2.75, 3.05) is 0 Å². The molecule has 0 saturated heterocycles. The van der Waals surface area contributed by atoms with Crippen molar-refractivity contribution in [3.63, 3.8) is 0 Å². The molecule has 0 aliphatic heterocycles. The molecular formula is H5BCl2O2. The molecule has 0 unspecified atom stereocenters. The Balaban J connectivity index is -0.0000000200. The molecule has 0 heterocycles. The minimum atomic E-state index is -0.750. The zero-order valence-electron chi connectivity index (χ0n) is 2.42. The van der Waals surface area contributed by atoms with E-state index in [2.05, 4.69) is 0 Å². The van der Waals surface area contributed by atoms with Crippen molar-refractivity contribution in [3.8, 4) is 0 Å². The van der Waals surface area contributed by atoms with Gasteiger partial charge in [-0.3, -0.25) is 0 Å². The molecule has 0 radical (unpaired) electrons. The van der Waals surface area contributed by atoms with E-state index in [-0.39, 0.29) is 24.8 Å². The van der Waals surface area contributed by atoms with Crippen LogP contribution in [0.3, 0.4) is 0 Å². The lowest BCUT2D eigenvalue weighted by molar-refractivity contribution is 0.448. The molecule has 0 rings (SSSR count). The fourth-order valence-corrected chi connectivity index (χ4v) is 0. The second kappa shape index (κ2) is 23.7. The summed E-state index contributed by atoms with van der Waals surface area (Å²) < 4.78 is 0. The van der Waals surface area contributed by atoms with Gasteiger partial charge in [-0.2, -0.15) is 0 Å². The van der Waals surface area contributed by atoms with Gasteiger partial charge in [0.15, 0.2) is 0 Å². The van der Waals surface area contributed by atoms with Crippen LogP contribution in [0.2, 0.25) is 0 Å². The fraction of sp³-hybridized carbons (Fsp3) is 0. The third kappa shape index (κ3) is 94.1. The van der Waals surface area contributed by atoms with Crippen molar-refractivity contribution >= 4 is 32.5 Å². The SMILES string of the molecule is Cl.Cl.OBO. The minimum Gasteiger partial charge on any atom is -0.430 e. The monoisotopic (exact) mass is 118 g/mol. The van der Waals surface area contributed by atoms with Crippen molar-refractivity contribution in [1.82, 2.24) is 0 Å². The maximum atomic E-state index is 7.12. The molecule has 0 aliphatic carbocycles. The van der Waals surface area contributed by atoms with Gasteiger partial charge in [-0.05, 0) is 0 Å². The molecule has 0 aromatic rings. The Labute approximate surface area is 43.3 Å². The number of hydrogen-bond acceptors (Lipinski definition) is 2. The zero-order valence-corrected chi connectivity index (χ0v) is 4.05. The van der Waals surface area contributed by atoms with Crippen molar-refractivity contribution in [2.45, 2.75) is 0 Å². The molecule has 0 atom stereocenters. The zero-order chi connectivity index (χ0) is 2.71. The highest BCUT2D eigenvalue weighted by molar-refractivity contribution is 6.13. The van der Waals surface area contributed by atoms with Crippen LogP contribution in [0, 0.1) is 0 Å². The van der Waals surface area contributed by atoms with Gasteiger partial charge in [0, 0.05) is 0 Å². The predicted octanol–water partition coefficient (Wildman–Crippen LogP) is -0.919. The van der Waals surface area contributed by atoms with E-state index < -0.39 is 7.69 Å². The first-order chi connectivity index (χ1) is 1.41. The van der Waals surface area contributed by atoms with Crippen LogP contribution in [-0.2, 0) is 0 Å². The molecule has 5 heteroatoms. The highest BCUT2D eigenvalue weighted by atomic mass is 35.5. The Kier molecular flexibility index (Phi) is 83.5. The molecule has 0 spiro atoms. The highest BCUT2D eigenvalue weighted by Gasteiger charge is 1.48. The third-order valence-corrected chi connectivity index (χ3v) is 0. The third-order valence-electron chi connectivity index (χ3n) is 0. The Bertz CT molecular complexity index is 7.61. The molecule has 0 aliphatic rings. The first-order valence-corrected chi connectivity index (χ1v) is 0.632. The molecule has 0 fully saturated rings. The molecule has 0 aromatic carbocycles. The summed E-state index contributed by atoms with van der Waals surface area (Å²) in [5.41, 5.74) is 0. The van der Waals surface area contributed by atoms with E-state index in [1.54, 1.807) is 0 Å². The van der Waals surface area contributed by atoms with E-state index in [0.29, 0.717) is 0 Å². The Morgan fingerprint density at radius 2 is 1.00 bits per heavy atom. The first kappa shape index (κ1) is 17.6. The normalized spacial score (nSPS) is 2.80. The summed E-state index contributed by atoms with van der Waals surface area (Å²) in [6.07, 6.45) is 0. The summed E-state index contributed by atoms with van der Waals surface area (Å²) in [5.74, 6) is 0. The molecule has 2 nitrogen and oxygen atoms in total. The summed E-state index contributed by atoms with van der Waals surface area (Å²) in [6, 6.07) is 0. The van der Waals surface area contributed by atoms with E-state index in [4.69, 9.17) is 10.0 Å². The van der Waals surface area contributed by atoms with Gasteiger partial charge in [0.05, 0.1) is 0 Å². The lowest BCUT2D eigenvalue weighted by Crippen LogP contribution is -1.75. The van der Waals surface area contributed by atoms with Crippen LogP contribution >= 0.6 is 24.8 Å². The molecule has 0 amide bonds. The van der Waals surface area contributed by atoms with E-state index >= 15 is 0 Å². The lowest BCUT2D eigenvalue weighted by atomic mass is 10.5. The van der Waals surface area contributed by atoms with Crippen molar-refractivity contribution in [2.24, 2.45) is 0 Å². The Morgan fingerprint density at radius 1 is 1.00 bits per heavy atom. The van der Waals surface area contributed by atoms with Crippen LogP contribution in [0.15, 0.2) is 0 Å². The van der Waals surface area contributed by atoms with Crippen LogP contribution in [0.1, 0.15) is 0 Å². The van der Waals surface area contributed by atoms with Crippen LogP contribution < -0.4 is 0 Å². The summed E-state index contributed by atoms with van der Waals surface area (Å²) in [4.78, 5) is 0. The second-order valence-electron chi connectivity index (χ2n) is 0.141. The number of rotatable bonds is 0. The molecule has 0 saturated carbocycles. The Morgan fingerprint density at radius 3 is 1.00 bits per heavy atom. The molecule has 2 N–H and O–H groups in total. The standard InChI is InChI=1S/BH3O2.2ClH/c2-1-3;;/h1-3H;2*1H. The number of hydrogen-bond donors (Lipinski definition) is 2. The van der Waals surface area contributed by atoms with Gasteiger partial charge in [-0.15, -0.1) is 24.8 Å². The van der Waals surface area contributed by atoms with E-state index in [1.807, 2.05) is 0 Å². The summed E-state index contributed by atoms with van der Waals surface area (Å²) in [6.45, 7) is 0. The minimum absolute atomic E-state index is 0. The molecule has 5 heavy (non-hydrogen) atoms. The first-order valence-electron chi connectivity index (χ1n) is 0.632. The average Bonchev–Trinajstić information content (AvgIpc) is 0.918. The topological polar surface area (TPSA) is 40.5 Å². The summed E-state index contributed by atoms with van der Waals surface area (Å²) in [5, 5.41) is 14.2. The van der Waals surface area contributed by atoms with Gasteiger partial charge < -0.3 is 10.0 Å². The molecular weight excluding hydrogens is 114 g/mol. The van der Waals surface area contributed by atoms with Gasteiger partial charge in [0.25, 0.3) is 0 Å². The predicted molar refractivity (Wildman–Crippen MR) is 26.1 cm³/mol. The molecule has 0 aromatic heterocycles. The smallest absolute Gasteiger partial charge is 0.430 e. The fourth-order valence-electron chi connectivity index (χ4n) is 0. The highest BCUT2D eigenvalue weighted by Crippen LogP contribution is 1.08. The summed E-state index contributed by atoms with van der Waals surface area (Å²) >= 11 is 0. The van der Waals surface area contributed by atoms with Crippen molar-refractivity contribution in [3.05, 3.63) is 0 Å². The van der Waals surface area contributed by atoms with Crippen molar-refractivity contribution < 1.29 is 10.0 Å². The van der Waals surface area contributed by atoms with Crippen LogP contribution in [-0.4, -0.2) is 17.7 Å². The van der Waals surface area contributed by atoms with Crippen molar-refractivity contribution in [1.29, 1.82) is 0 Å². The maximum absolute atomic E-state index is 7.12. The second-order valence-corrected chi connectivity index (χ2v) is 0.141. The average molecular weight is 119 g/mol.